The summed E-state index contributed by atoms with van der Waals surface area (Å²) in [4.78, 5) is 12.5. The van der Waals surface area contributed by atoms with Crippen LogP contribution in [-0.4, -0.2) is 24.5 Å². The van der Waals surface area contributed by atoms with Gasteiger partial charge in [0, 0.05) is 19.6 Å². The van der Waals surface area contributed by atoms with Crippen LogP contribution in [0.25, 0.3) is 0 Å². The summed E-state index contributed by atoms with van der Waals surface area (Å²) in [5.74, 6) is 0. The van der Waals surface area contributed by atoms with Crippen LogP contribution >= 0.6 is 0 Å². The summed E-state index contributed by atoms with van der Waals surface area (Å²) < 4.78 is 4.82. The van der Waals surface area contributed by atoms with Crippen LogP contribution in [0.5, 0.6) is 0 Å². The van der Waals surface area contributed by atoms with Crippen LogP contribution in [0.3, 0.4) is 0 Å². The lowest BCUT2D eigenvalue weighted by molar-refractivity contribution is -0.129. The van der Waals surface area contributed by atoms with E-state index >= 15 is 0 Å². The van der Waals surface area contributed by atoms with Gasteiger partial charge in [-0.1, -0.05) is 60.7 Å². The Kier molecular flexibility index (Phi) is 5.80. The molecule has 0 aromatic heterocycles. The predicted molar refractivity (Wildman–Crippen MR) is 79.0 cm³/mol. The van der Waals surface area contributed by atoms with Crippen molar-refractivity contribution in [3.63, 3.8) is 0 Å². The Hall–Kier alpha value is -2.13. The zero-order valence-corrected chi connectivity index (χ0v) is 11.4. The maximum absolute atomic E-state index is 10.3. The largest absolute Gasteiger partial charge is 0.467 e. The molecule has 0 saturated carbocycles. The Morgan fingerprint density at radius 1 is 0.850 bits per heavy atom. The Morgan fingerprint density at radius 2 is 1.35 bits per heavy atom. The third-order valence-electron chi connectivity index (χ3n) is 3.09. The molecule has 0 heterocycles. The normalized spacial score (nSPS) is 10.4. The molecule has 0 bridgehead atoms. The Labute approximate surface area is 119 Å². The average molecular weight is 269 g/mol. The molecule has 0 aliphatic heterocycles. The molecule has 2 rings (SSSR count). The maximum atomic E-state index is 10.3. The number of ether oxygens (including phenoxy) is 1. The molecule has 0 radical (unpaired) electrons. The van der Waals surface area contributed by atoms with E-state index in [0.717, 1.165) is 19.6 Å². The minimum atomic E-state index is 0.420. The Balaban J connectivity index is 1.98. The first-order chi connectivity index (χ1) is 9.88. The minimum absolute atomic E-state index is 0.420. The first kappa shape index (κ1) is 14.3. The summed E-state index contributed by atoms with van der Waals surface area (Å²) in [6.07, 6.45) is 0. The highest BCUT2D eigenvalue weighted by Gasteiger charge is 2.07. The van der Waals surface area contributed by atoms with E-state index in [9.17, 15) is 4.79 Å². The molecule has 20 heavy (non-hydrogen) atoms. The molecule has 0 aliphatic rings. The second-order valence-corrected chi connectivity index (χ2v) is 4.65. The fraction of sp³-hybridized carbons (Fsp3) is 0.235. The van der Waals surface area contributed by atoms with Gasteiger partial charge in [-0.25, -0.2) is 0 Å². The van der Waals surface area contributed by atoms with Crippen molar-refractivity contribution >= 4 is 6.47 Å². The topological polar surface area (TPSA) is 29.5 Å². The summed E-state index contributed by atoms with van der Waals surface area (Å²) >= 11 is 0. The van der Waals surface area contributed by atoms with Gasteiger partial charge in [0.25, 0.3) is 6.47 Å². The molecule has 2 aromatic rings. The summed E-state index contributed by atoms with van der Waals surface area (Å²) in [6, 6.07) is 20.6. The molecule has 0 N–H and O–H groups in total. The lowest BCUT2D eigenvalue weighted by Crippen LogP contribution is -2.26. The molecule has 3 heteroatoms. The second-order valence-electron chi connectivity index (χ2n) is 4.65. The zero-order chi connectivity index (χ0) is 14.0. The number of nitrogens with zero attached hydrogens (tertiary/aromatic N) is 1. The highest BCUT2D eigenvalue weighted by atomic mass is 16.5. The van der Waals surface area contributed by atoms with Crippen molar-refractivity contribution in [2.24, 2.45) is 0 Å². The van der Waals surface area contributed by atoms with Crippen molar-refractivity contribution in [1.29, 1.82) is 0 Å². The molecule has 0 fully saturated rings. The van der Waals surface area contributed by atoms with Crippen molar-refractivity contribution < 1.29 is 9.53 Å². The molecule has 0 unspecified atom stereocenters. The molecule has 0 atom stereocenters. The Bertz CT molecular complexity index is 457. The lowest BCUT2D eigenvalue weighted by atomic mass is 10.1. The van der Waals surface area contributed by atoms with Crippen LogP contribution in [0.1, 0.15) is 11.1 Å². The minimum Gasteiger partial charge on any atom is -0.467 e. The highest BCUT2D eigenvalue weighted by molar-refractivity contribution is 5.36. The average Bonchev–Trinajstić information content (AvgIpc) is 2.49. The van der Waals surface area contributed by atoms with E-state index in [1.807, 2.05) is 36.4 Å². The summed E-state index contributed by atoms with van der Waals surface area (Å²) in [6.45, 7) is 3.34. The number of benzene rings is 2. The van der Waals surface area contributed by atoms with Crippen molar-refractivity contribution in [2.45, 2.75) is 13.1 Å². The van der Waals surface area contributed by atoms with Crippen molar-refractivity contribution in [3.05, 3.63) is 71.8 Å². The van der Waals surface area contributed by atoms with Crippen LogP contribution in [0.15, 0.2) is 60.7 Å². The van der Waals surface area contributed by atoms with Crippen molar-refractivity contribution in [1.82, 2.24) is 4.90 Å². The molecule has 3 nitrogen and oxygen atoms in total. The summed E-state index contributed by atoms with van der Waals surface area (Å²) in [5, 5.41) is 0. The maximum Gasteiger partial charge on any atom is 0.293 e. The first-order valence-electron chi connectivity index (χ1n) is 6.74. The van der Waals surface area contributed by atoms with Gasteiger partial charge in [-0.3, -0.25) is 9.69 Å². The monoisotopic (exact) mass is 269 g/mol. The molecular weight excluding hydrogens is 250 g/mol. The van der Waals surface area contributed by atoms with Crippen LogP contribution in [0.2, 0.25) is 0 Å². The molecule has 2 aromatic carbocycles. The third kappa shape index (κ3) is 4.86. The van der Waals surface area contributed by atoms with E-state index in [1.165, 1.54) is 11.1 Å². The SMILES string of the molecule is O=COCCN(Cc1ccccc1)Cc1ccccc1. The van der Waals surface area contributed by atoms with Crippen LogP contribution < -0.4 is 0 Å². The summed E-state index contributed by atoms with van der Waals surface area (Å²) in [5.41, 5.74) is 2.52. The fourth-order valence-electron chi connectivity index (χ4n) is 2.13. The molecule has 104 valence electrons. The zero-order valence-electron chi connectivity index (χ0n) is 11.4. The number of rotatable bonds is 8. The van der Waals surface area contributed by atoms with Gasteiger partial charge in [0.1, 0.15) is 6.61 Å². The Morgan fingerprint density at radius 3 is 1.80 bits per heavy atom. The predicted octanol–water partition coefficient (Wildman–Crippen LogP) is 2.86. The van der Waals surface area contributed by atoms with Crippen LogP contribution in [-0.2, 0) is 22.6 Å². The quantitative estimate of drug-likeness (QED) is 0.545. The lowest BCUT2D eigenvalue weighted by Gasteiger charge is -2.22. The molecule has 0 aliphatic carbocycles. The van der Waals surface area contributed by atoms with Gasteiger partial charge in [-0.05, 0) is 11.1 Å². The number of hydrogen-bond donors (Lipinski definition) is 0. The van der Waals surface area contributed by atoms with Gasteiger partial charge in [0.05, 0.1) is 0 Å². The molecule has 0 spiro atoms. The van der Waals surface area contributed by atoms with E-state index in [4.69, 9.17) is 4.74 Å². The van der Waals surface area contributed by atoms with E-state index in [-0.39, 0.29) is 0 Å². The van der Waals surface area contributed by atoms with E-state index < -0.39 is 0 Å². The van der Waals surface area contributed by atoms with E-state index in [2.05, 4.69) is 29.2 Å². The van der Waals surface area contributed by atoms with Crippen molar-refractivity contribution in [3.8, 4) is 0 Å². The van der Waals surface area contributed by atoms with Gasteiger partial charge < -0.3 is 4.74 Å². The standard InChI is InChI=1S/C17H19NO2/c19-15-20-12-11-18(13-16-7-3-1-4-8-16)14-17-9-5-2-6-10-17/h1-10,15H,11-14H2. The highest BCUT2D eigenvalue weighted by Crippen LogP contribution is 2.09. The number of hydrogen-bond acceptors (Lipinski definition) is 3. The van der Waals surface area contributed by atoms with Gasteiger partial charge in [0.15, 0.2) is 0 Å². The smallest absolute Gasteiger partial charge is 0.293 e. The number of carbonyl (C=O) groups excluding carboxylic acids is 1. The second kappa shape index (κ2) is 8.12. The van der Waals surface area contributed by atoms with Crippen LogP contribution in [0, 0.1) is 0 Å². The molecular formula is C17H19NO2. The fourth-order valence-corrected chi connectivity index (χ4v) is 2.13. The van der Waals surface area contributed by atoms with Crippen molar-refractivity contribution in [2.75, 3.05) is 13.2 Å². The first-order valence-corrected chi connectivity index (χ1v) is 6.74. The van der Waals surface area contributed by atoms with E-state index in [1.54, 1.807) is 0 Å². The van der Waals surface area contributed by atoms with Crippen LogP contribution in [0.4, 0.5) is 0 Å². The number of carbonyl (C=O) groups is 1. The van der Waals surface area contributed by atoms with Gasteiger partial charge in [0.2, 0.25) is 0 Å². The summed E-state index contributed by atoms with van der Waals surface area (Å²) in [7, 11) is 0. The van der Waals surface area contributed by atoms with Gasteiger partial charge in [-0.2, -0.15) is 0 Å². The van der Waals surface area contributed by atoms with Gasteiger partial charge in [-0.15, -0.1) is 0 Å². The third-order valence-corrected chi connectivity index (χ3v) is 3.09. The molecule has 0 amide bonds. The van der Waals surface area contributed by atoms with E-state index in [0.29, 0.717) is 13.1 Å². The van der Waals surface area contributed by atoms with Gasteiger partial charge >= 0.3 is 0 Å². The molecule has 0 saturated heterocycles.